The molecule has 7 heteroatoms. The van der Waals surface area contributed by atoms with E-state index in [-0.39, 0.29) is 24.0 Å². The van der Waals surface area contributed by atoms with Gasteiger partial charge in [0, 0.05) is 19.1 Å². The predicted molar refractivity (Wildman–Crippen MR) is 86.9 cm³/mol. The van der Waals surface area contributed by atoms with Gasteiger partial charge < -0.3 is 21.1 Å². The van der Waals surface area contributed by atoms with Gasteiger partial charge in [0.1, 0.15) is 5.60 Å². The van der Waals surface area contributed by atoms with Crippen molar-refractivity contribution in [3.05, 3.63) is 0 Å². The Bertz CT molecular complexity index is 311. The molecule has 6 nitrogen and oxygen atoms in total. The molecule has 0 bridgehead atoms. The van der Waals surface area contributed by atoms with Crippen LogP contribution in [0, 0.1) is 0 Å². The van der Waals surface area contributed by atoms with Crippen molar-refractivity contribution >= 4 is 36.0 Å². The third kappa shape index (κ3) is 10.8. The van der Waals surface area contributed by atoms with E-state index in [4.69, 9.17) is 10.5 Å². The van der Waals surface area contributed by atoms with Crippen molar-refractivity contribution < 1.29 is 9.53 Å². The molecule has 0 aromatic rings. The highest BCUT2D eigenvalue weighted by Gasteiger charge is 2.21. The van der Waals surface area contributed by atoms with Crippen LogP contribution in [-0.4, -0.2) is 36.8 Å². The number of aliphatic imine (C=N–C) groups is 1. The van der Waals surface area contributed by atoms with E-state index < -0.39 is 11.7 Å². The van der Waals surface area contributed by atoms with Gasteiger partial charge in [-0.25, -0.2) is 4.79 Å². The molecule has 19 heavy (non-hydrogen) atoms. The van der Waals surface area contributed by atoms with Crippen LogP contribution in [0.25, 0.3) is 0 Å². The van der Waals surface area contributed by atoms with E-state index in [2.05, 4.69) is 15.6 Å². The number of nitrogens with zero attached hydrogens (tertiary/aromatic N) is 1. The number of nitrogens with one attached hydrogen (secondary N) is 2. The van der Waals surface area contributed by atoms with Crippen LogP contribution in [0.3, 0.4) is 0 Å². The summed E-state index contributed by atoms with van der Waals surface area (Å²) in [5.74, 6) is 0.495. The van der Waals surface area contributed by atoms with Gasteiger partial charge >= 0.3 is 6.09 Å². The van der Waals surface area contributed by atoms with Crippen molar-refractivity contribution in [2.75, 3.05) is 13.1 Å². The Morgan fingerprint density at radius 1 is 1.42 bits per heavy atom. The molecule has 0 spiro atoms. The number of carbonyl (C=O) groups is 1. The monoisotopic (exact) mass is 384 g/mol. The second-order valence-electron chi connectivity index (χ2n) is 5.47. The lowest BCUT2D eigenvalue weighted by Crippen LogP contribution is -2.34. The van der Waals surface area contributed by atoms with Crippen molar-refractivity contribution in [1.82, 2.24) is 10.6 Å². The van der Waals surface area contributed by atoms with Crippen LogP contribution in [-0.2, 0) is 4.74 Å². The molecule has 0 unspecified atom stereocenters. The molecule has 0 radical (unpaired) electrons. The predicted octanol–water partition coefficient (Wildman–Crippen LogP) is 1.59. The van der Waals surface area contributed by atoms with Crippen LogP contribution >= 0.6 is 24.0 Å². The number of carbonyl (C=O) groups excluding carboxylic acids is 1. The molecule has 0 aliphatic heterocycles. The summed E-state index contributed by atoms with van der Waals surface area (Å²) in [4.78, 5) is 15.5. The Balaban J connectivity index is 0.00000324. The summed E-state index contributed by atoms with van der Waals surface area (Å²) in [5.41, 5.74) is 5.21. The first-order valence-electron chi connectivity index (χ1n) is 6.40. The van der Waals surface area contributed by atoms with E-state index in [1.807, 2.05) is 20.8 Å². The molecule has 1 amide bonds. The van der Waals surface area contributed by atoms with E-state index in [0.717, 1.165) is 6.42 Å². The molecule has 0 aromatic carbocycles. The molecule has 1 aliphatic carbocycles. The molecule has 1 fully saturated rings. The lowest BCUT2D eigenvalue weighted by Gasteiger charge is -2.19. The fourth-order valence-electron chi connectivity index (χ4n) is 1.27. The number of guanidine groups is 1. The summed E-state index contributed by atoms with van der Waals surface area (Å²) >= 11 is 0. The van der Waals surface area contributed by atoms with Gasteiger partial charge in [-0.05, 0) is 40.0 Å². The average molecular weight is 384 g/mol. The normalized spacial score (nSPS) is 15.4. The minimum Gasteiger partial charge on any atom is -0.444 e. The Hall–Kier alpha value is -0.730. The Kier molecular flexibility index (Phi) is 8.12. The van der Waals surface area contributed by atoms with Crippen LogP contribution in [0.2, 0.25) is 0 Å². The summed E-state index contributed by atoms with van der Waals surface area (Å²) in [7, 11) is 0. The number of halogens is 1. The molecular formula is C12H25IN4O2. The standard InChI is InChI=1S/C12H24N4O2.HI/c1-12(2,3)18-11(17)15-8-4-7-14-10(13)16-9-5-6-9;/h9H,4-8H2,1-3H3,(H,15,17)(H3,13,14,16);1H. The van der Waals surface area contributed by atoms with Crippen molar-refractivity contribution in [3.8, 4) is 0 Å². The molecule has 1 aliphatic rings. The van der Waals surface area contributed by atoms with Crippen LogP contribution in [0.5, 0.6) is 0 Å². The highest BCUT2D eigenvalue weighted by molar-refractivity contribution is 14.0. The fourth-order valence-corrected chi connectivity index (χ4v) is 1.27. The number of alkyl carbamates (subject to hydrolysis) is 1. The largest absolute Gasteiger partial charge is 0.444 e. The van der Waals surface area contributed by atoms with Gasteiger partial charge in [-0.1, -0.05) is 0 Å². The first kappa shape index (κ1) is 18.3. The SMILES string of the molecule is CC(C)(C)OC(=O)NCCCN=C(N)NC1CC1.I. The summed E-state index contributed by atoms with van der Waals surface area (Å²) in [6.07, 6.45) is 2.70. The Morgan fingerprint density at radius 2 is 2.05 bits per heavy atom. The van der Waals surface area contributed by atoms with Crippen molar-refractivity contribution in [2.24, 2.45) is 10.7 Å². The van der Waals surface area contributed by atoms with Gasteiger partial charge in [-0.3, -0.25) is 4.99 Å². The molecule has 0 atom stereocenters. The molecule has 1 saturated carbocycles. The quantitative estimate of drug-likeness (QED) is 0.291. The second kappa shape index (κ2) is 8.44. The summed E-state index contributed by atoms with van der Waals surface area (Å²) in [6, 6.07) is 0.522. The Labute approximate surface area is 132 Å². The van der Waals surface area contributed by atoms with E-state index in [9.17, 15) is 4.79 Å². The zero-order chi connectivity index (χ0) is 13.6. The van der Waals surface area contributed by atoms with Gasteiger partial charge in [-0.2, -0.15) is 0 Å². The minimum absolute atomic E-state index is 0. The highest BCUT2D eigenvalue weighted by atomic mass is 127. The van der Waals surface area contributed by atoms with Gasteiger partial charge in [0.25, 0.3) is 0 Å². The maximum Gasteiger partial charge on any atom is 0.407 e. The topological polar surface area (TPSA) is 88.7 Å². The van der Waals surface area contributed by atoms with Crippen molar-refractivity contribution in [3.63, 3.8) is 0 Å². The fraction of sp³-hybridized carbons (Fsp3) is 0.833. The molecular weight excluding hydrogens is 359 g/mol. The smallest absolute Gasteiger partial charge is 0.407 e. The van der Waals surface area contributed by atoms with Crippen LogP contribution in [0.15, 0.2) is 4.99 Å². The van der Waals surface area contributed by atoms with Crippen LogP contribution in [0.4, 0.5) is 4.79 Å². The summed E-state index contributed by atoms with van der Waals surface area (Å²) < 4.78 is 5.10. The molecule has 0 aromatic heterocycles. The zero-order valence-corrected chi connectivity index (χ0v) is 14.2. The second-order valence-corrected chi connectivity index (χ2v) is 5.47. The van der Waals surface area contributed by atoms with E-state index >= 15 is 0 Å². The summed E-state index contributed by atoms with van der Waals surface area (Å²) in [5, 5.41) is 5.77. The lowest BCUT2D eigenvalue weighted by molar-refractivity contribution is 0.0527. The van der Waals surface area contributed by atoms with Gasteiger partial charge in [0.2, 0.25) is 0 Å². The van der Waals surface area contributed by atoms with Crippen molar-refractivity contribution in [1.29, 1.82) is 0 Å². The molecule has 1 rings (SSSR count). The first-order valence-corrected chi connectivity index (χ1v) is 6.40. The average Bonchev–Trinajstić information content (AvgIpc) is 2.98. The highest BCUT2D eigenvalue weighted by Crippen LogP contribution is 2.17. The van der Waals surface area contributed by atoms with E-state index in [0.29, 0.717) is 25.1 Å². The third-order valence-electron chi connectivity index (χ3n) is 2.21. The molecule has 4 N–H and O–H groups in total. The van der Waals surface area contributed by atoms with Gasteiger partial charge in [0.15, 0.2) is 5.96 Å². The number of hydrogen-bond acceptors (Lipinski definition) is 3. The van der Waals surface area contributed by atoms with E-state index in [1.165, 1.54) is 12.8 Å². The minimum atomic E-state index is -0.457. The number of nitrogens with two attached hydrogens (primary N) is 1. The van der Waals surface area contributed by atoms with Gasteiger partial charge in [0.05, 0.1) is 0 Å². The maximum absolute atomic E-state index is 11.3. The molecule has 0 heterocycles. The maximum atomic E-state index is 11.3. The number of rotatable bonds is 5. The Morgan fingerprint density at radius 3 is 2.58 bits per heavy atom. The summed E-state index contributed by atoms with van der Waals surface area (Å²) in [6.45, 7) is 6.64. The number of amides is 1. The molecule has 0 saturated heterocycles. The van der Waals surface area contributed by atoms with Gasteiger partial charge in [-0.15, -0.1) is 24.0 Å². The number of ether oxygens (including phenoxy) is 1. The number of hydrogen-bond donors (Lipinski definition) is 3. The zero-order valence-electron chi connectivity index (χ0n) is 11.9. The van der Waals surface area contributed by atoms with Crippen LogP contribution < -0.4 is 16.4 Å². The first-order chi connectivity index (χ1) is 8.37. The van der Waals surface area contributed by atoms with E-state index in [1.54, 1.807) is 0 Å². The van der Waals surface area contributed by atoms with Crippen LogP contribution in [0.1, 0.15) is 40.0 Å². The van der Waals surface area contributed by atoms with Crippen molar-refractivity contribution in [2.45, 2.75) is 51.7 Å². The lowest BCUT2D eigenvalue weighted by atomic mass is 10.2. The molecule has 112 valence electrons. The third-order valence-corrected chi connectivity index (χ3v) is 2.21.